The highest BCUT2D eigenvalue weighted by atomic mass is 32.2. The highest BCUT2D eigenvalue weighted by Gasteiger charge is 2.24. The van der Waals surface area contributed by atoms with Crippen LogP contribution in [-0.2, 0) is 10.0 Å². The van der Waals surface area contributed by atoms with Gasteiger partial charge in [0.25, 0.3) is 0 Å². The first-order chi connectivity index (χ1) is 10.4. The van der Waals surface area contributed by atoms with E-state index in [0.717, 1.165) is 26.2 Å². The van der Waals surface area contributed by atoms with E-state index >= 15 is 0 Å². The van der Waals surface area contributed by atoms with Gasteiger partial charge in [-0.1, -0.05) is 6.92 Å². The van der Waals surface area contributed by atoms with Gasteiger partial charge in [0.05, 0.1) is 4.90 Å². The summed E-state index contributed by atoms with van der Waals surface area (Å²) < 4.78 is 28.0. The zero-order chi connectivity index (χ0) is 16.2. The van der Waals surface area contributed by atoms with E-state index in [2.05, 4.69) is 11.8 Å². The fraction of sp³-hybridized carbons (Fsp3) is 0.600. The number of primary sulfonamides is 1. The summed E-state index contributed by atoms with van der Waals surface area (Å²) in [6, 6.07) is 6.16. The number of benzene rings is 1. The van der Waals surface area contributed by atoms with Gasteiger partial charge in [-0.3, -0.25) is 4.90 Å². The van der Waals surface area contributed by atoms with Gasteiger partial charge >= 0.3 is 0 Å². The highest BCUT2D eigenvalue weighted by molar-refractivity contribution is 7.89. The third-order valence-corrected chi connectivity index (χ3v) is 5.26. The van der Waals surface area contributed by atoms with Gasteiger partial charge in [0.1, 0.15) is 12.4 Å². The second-order valence-corrected chi connectivity index (χ2v) is 7.49. The van der Waals surface area contributed by atoms with E-state index < -0.39 is 10.0 Å². The maximum atomic E-state index is 11.2. The molecule has 1 aromatic carbocycles. The molecule has 2 unspecified atom stereocenters. The quantitative estimate of drug-likeness (QED) is 0.798. The molecular weight excluding hydrogens is 302 g/mol. The molecule has 1 aromatic rings. The maximum Gasteiger partial charge on any atom is 0.238 e. The average molecular weight is 327 g/mol. The van der Waals surface area contributed by atoms with E-state index in [1.807, 2.05) is 0 Å². The summed E-state index contributed by atoms with van der Waals surface area (Å²) in [4.78, 5) is 2.46. The van der Waals surface area contributed by atoms with E-state index in [9.17, 15) is 8.42 Å². The molecule has 1 aliphatic rings. The average Bonchev–Trinajstić information content (AvgIpc) is 2.48. The lowest BCUT2D eigenvalue weighted by atomic mass is 9.87. The van der Waals surface area contributed by atoms with Crippen molar-refractivity contribution in [1.82, 2.24) is 4.90 Å². The number of rotatable bonds is 6. The molecule has 2 rings (SSSR count). The Labute approximate surface area is 132 Å². The Kier molecular flexibility index (Phi) is 5.80. The summed E-state index contributed by atoms with van der Waals surface area (Å²) in [5.74, 6) is 1.89. The number of piperidine rings is 1. The molecule has 1 fully saturated rings. The zero-order valence-corrected chi connectivity index (χ0v) is 13.8. The Bertz CT molecular complexity index is 574. The van der Waals surface area contributed by atoms with Crippen molar-refractivity contribution in [3.05, 3.63) is 24.3 Å². The van der Waals surface area contributed by atoms with Crippen LogP contribution in [0.5, 0.6) is 5.75 Å². The molecule has 22 heavy (non-hydrogen) atoms. The molecule has 1 heterocycles. The van der Waals surface area contributed by atoms with E-state index in [1.54, 1.807) is 12.1 Å². The first-order valence-corrected chi connectivity index (χ1v) is 9.13. The number of sulfonamides is 1. The summed E-state index contributed by atoms with van der Waals surface area (Å²) in [6.45, 7) is 6.50. The van der Waals surface area contributed by atoms with Gasteiger partial charge in [-0.25, -0.2) is 13.6 Å². The molecule has 0 amide bonds. The van der Waals surface area contributed by atoms with Crippen molar-refractivity contribution >= 4 is 10.0 Å². The van der Waals surface area contributed by atoms with Crippen LogP contribution < -0.4 is 15.6 Å². The lowest BCUT2D eigenvalue weighted by molar-refractivity contribution is 0.114. The number of hydrogen-bond acceptors (Lipinski definition) is 5. The van der Waals surface area contributed by atoms with Crippen LogP contribution in [0.1, 0.15) is 13.3 Å². The largest absolute Gasteiger partial charge is 0.492 e. The molecule has 0 spiro atoms. The second-order valence-electron chi connectivity index (χ2n) is 5.93. The minimum atomic E-state index is -3.65. The van der Waals surface area contributed by atoms with Crippen molar-refractivity contribution in [1.29, 1.82) is 0 Å². The summed E-state index contributed by atoms with van der Waals surface area (Å²) in [5, 5.41) is 5.06. The third kappa shape index (κ3) is 4.67. The second kappa shape index (κ2) is 7.41. The molecule has 0 radical (unpaired) electrons. The van der Waals surface area contributed by atoms with Gasteiger partial charge in [0.15, 0.2) is 0 Å². The van der Waals surface area contributed by atoms with Crippen molar-refractivity contribution in [3.8, 4) is 5.75 Å². The molecule has 0 saturated carbocycles. The predicted molar refractivity (Wildman–Crippen MR) is 86.1 cm³/mol. The first-order valence-electron chi connectivity index (χ1n) is 7.58. The number of likely N-dealkylation sites (tertiary alicyclic amines) is 1. The monoisotopic (exact) mass is 327 g/mol. The number of nitrogens with zero attached hydrogens (tertiary/aromatic N) is 1. The first kappa shape index (κ1) is 17.2. The van der Waals surface area contributed by atoms with E-state index in [-0.39, 0.29) is 4.90 Å². The Morgan fingerprint density at radius 3 is 2.59 bits per heavy atom. The van der Waals surface area contributed by atoms with Crippen LogP contribution in [-0.4, -0.2) is 46.1 Å². The van der Waals surface area contributed by atoms with Crippen LogP contribution in [0.15, 0.2) is 29.2 Å². The molecule has 1 aliphatic heterocycles. The molecule has 0 aromatic heterocycles. The van der Waals surface area contributed by atoms with Crippen molar-refractivity contribution in [2.24, 2.45) is 22.7 Å². The fourth-order valence-electron chi connectivity index (χ4n) is 2.75. The van der Waals surface area contributed by atoms with Crippen LogP contribution in [0.3, 0.4) is 0 Å². The van der Waals surface area contributed by atoms with Crippen molar-refractivity contribution < 1.29 is 13.2 Å². The minimum absolute atomic E-state index is 0.0932. The van der Waals surface area contributed by atoms with E-state index in [1.165, 1.54) is 18.6 Å². The maximum absolute atomic E-state index is 11.2. The van der Waals surface area contributed by atoms with Crippen LogP contribution in [0.2, 0.25) is 0 Å². The Hall–Kier alpha value is -1.15. The van der Waals surface area contributed by atoms with Crippen LogP contribution in [0, 0.1) is 11.8 Å². The third-order valence-electron chi connectivity index (χ3n) is 4.33. The molecule has 6 nitrogen and oxygen atoms in total. The molecule has 4 N–H and O–H groups in total. The summed E-state index contributed by atoms with van der Waals surface area (Å²) >= 11 is 0. The molecule has 1 saturated heterocycles. The van der Waals surface area contributed by atoms with Crippen molar-refractivity contribution in [2.45, 2.75) is 18.2 Å². The molecule has 7 heteroatoms. The number of nitrogens with two attached hydrogens (primary N) is 2. The van der Waals surface area contributed by atoms with Gasteiger partial charge in [0.2, 0.25) is 10.0 Å². The molecule has 124 valence electrons. The molecule has 0 aliphatic carbocycles. The number of ether oxygens (including phenoxy) is 1. The van der Waals surface area contributed by atoms with Crippen molar-refractivity contribution in [3.63, 3.8) is 0 Å². The Morgan fingerprint density at radius 1 is 1.32 bits per heavy atom. The lowest BCUT2D eigenvalue weighted by Crippen LogP contribution is -2.44. The van der Waals surface area contributed by atoms with Crippen LogP contribution in [0.25, 0.3) is 0 Å². The smallest absolute Gasteiger partial charge is 0.238 e. The lowest BCUT2D eigenvalue weighted by Gasteiger charge is -2.36. The fourth-order valence-corrected chi connectivity index (χ4v) is 3.27. The zero-order valence-electron chi connectivity index (χ0n) is 12.9. The highest BCUT2D eigenvalue weighted by Crippen LogP contribution is 2.22. The number of hydrogen-bond donors (Lipinski definition) is 2. The Balaban J connectivity index is 1.79. The molecule has 0 bridgehead atoms. The summed E-state index contributed by atoms with van der Waals surface area (Å²) in [5.41, 5.74) is 5.81. The summed E-state index contributed by atoms with van der Waals surface area (Å²) in [6.07, 6.45) is 1.17. The Morgan fingerprint density at radius 2 is 2.00 bits per heavy atom. The van der Waals surface area contributed by atoms with Gasteiger partial charge in [-0.2, -0.15) is 0 Å². The molecular formula is C15H25N3O3S. The minimum Gasteiger partial charge on any atom is -0.492 e. The van der Waals surface area contributed by atoms with Crippen LogP contribution >= 0.6 is 0 Å². The van der Waals surface area contributed by atoms with E-state index in [4.69, 9.17) is 15.6 Å². The molecule has 2 atom stereocenters. The SMILES string of the molecule is CC1CCN(CCOc2ccc(S(N)(=O)=O)cc2)CC1CN. The van der Waals surface area contributed by atoms with Crippen LogP contribution in [0.4, 0.5) is 0 Å². The topological polar surface area (TPSA) is 98.6 Å². The van der Waals surface area contributed by atoms with Crippen molar-refractivity contribution in [2.75, 3.05) is 32.8 Å². The standard InChI is InChI=1S/C15H25N3O3S/c1-12-6-7-18(11-13(12)10-16)8-9-21-14-2-4-15(5-3-14)22(17,19)20/h2-5,12-13H,6-11,16H2,1H3,(H2,17,19,20). The summed E-state index contributed by atoms with van der Waals surface area (Å²) in [7, 11) is -3.65. The van der Waals surface area contributed by atoms with Gasteiger partial charge in [0, 0.05) is 13.1 Å². The van der Waals surface area contributed by atoms with Gasteiger partial charge < -0.3 is 10.5 Å². The van der Waals surface area contributed by atoms with E-state index in [0.29, 0.717) is 24.2 Å². The van der Waals surface area contributed by atoms with Gasteiger partial charge in [-0.05, 0) is 55.6 Å². The normalized spacial score (nSPS) is 23.4. The predicted octanol–water partition coefficient (Wildman–Crippen LogP) is 0.630. The van der Waals surface area contributed by atoms with Gasteiger partial charge in [-0.15, -0.1) is 0 Å².